The highest BCUT2D eigenvalue weighted by atomic mass is 19.1. The van der Waals surface area contributed by atoms with Crippen LogP contribution in [0.5, 0.6) is 0 Å². The predicted molar refractivity (Wildman–Crippen MR) is 87.5 cm³/mol. The van der Waals surface area contributed by atoms with Gasteiger partial charge in [0.05, 0.1) is 18.9 Å². The van der Waals surface area contributed by atoms with Crippen molar-refractivity contribution in [1.29, 1.82) is 0 Å². The van der Waals surface area contributed by atoms with E-state index >= 15 is 0 Å². The lowest BCUT2D eigenvalue weighted by atomic mass is 10.0. The molecule has 0 radical (unpaired) electrons. The number of halogens is 1. The summed E-state index contributed by atoms with van der Waals surface area (Å²) in [6.07, 6.45) is -0.250. The van der Waals surface area contributed by atoms with Crippen LogP contribution in [0.2, 0.25) is 0 Å². The molecule has 1 aromatic carbocycles. The molecule has 1 aromatic rings. The Bertz CT molecular complexity index is 674. The second kappa shape index (κ2) is 8.06. The molecule has 0 bridgehead atoms. The fourth-order valence-electron chi connectivity index (χ4n) is 2.73. The number of morpholine rings is 1. The number of hydrogen-bond donors (Lipinski definition) is 1. The number of nitrogens with one attached hydrogen (secondary N) is 1. The second-order valence-electron chi connectivity index (χ2n) is 5.88. The highest BCUT2D eigenvalue weighted by Gasteiger charge is 2.29. The van der Waals surface area contributed by atoms with Crippen LogP contribution in [-0.4, -0.2) is 61.4 Å². The van der Waals surface area contributed by atoms with Gasteiger partial charge >= 0.3 is 0 Å². The van der Waals surface area contributed by atoms with Gasteiger partial charge in [-0.25, -0.2) is 4.39 Å². The number of carbonyl (C=O) groups excluding carboxylic acids is 2. The minimum Gasteiger partial charge on any atom is -0.382 e. The van der Waals surface area contributed by atoms with Gasteiger partial charge in [-0.1, -0.05) is 17.3 Å². The molecule has 0 saturated carbocycles. The summed E-state index contributed by atoms with van der Waals surface area (Å²) in [6.45, 7) is 2.51. The maximum Gasteiger partial charge on any atom is 0.264 e. The van der Waals surface area contributed by atoms with Crippen molar-refractivity contribution in [3.05, 3.63) is 35.6 Å². The highest BCUT2D eigenvalue weighted by Crippen LogP contribution is 2.17. The van der Waals surface area contributed by atoms with Crippen molar-refractivity contribution in [2.45, 2.75) is 18.9 Å². The quantitative estimate of drug-likeness (QED) is 0.848. The summed E-state index contributed by atoms with van der Waals surface area (Å²) in [4.78, 5) is 31.0. The lowest BCUT2D eigenvalue weighted by Gasteiger charge is -2.26. The number of hydrogen-bond acceptors (Lipinski definition) is 5. The molecule has 134 valence electrons. The van der Waals surface area contributed by atoms with Crippen molar-refractivity contribution < 1.29 is 23.6 Å². The first-order valence-electron chi connectivity index (χ1n) is 8.25. The van der Waals surface area contributed by atoms with E-state index in [1.807, 2.05) is 0 Å². The van der Waals surface area contributed by atoms with Crippen LogP contribution in [-0.2, 0) is 19.2 Å². The van der Waals surface area contributed by atoms with E-state index < -0.39 is 6.10 Å². The number of oxime groups is 1. The molecule has 1 unspecified atom stereocenters. The summed E-state index contributed by atoms with van der Waals surface area (Å²) in [6, 6.07) is 5.99. The molecule has 2 aliphatic rings. The van der Waals surface area contributed by atoms with Gasteiger partial charge in [0.2, 0.25) is 12.0 Å². The first kappa shape index (κ1) is 17.3. The monoisotopic (exact) mass is 349 g/mol. The third kappa shape index (κ3) is 4.54. The van der Waals surface area contributed by atoms with Gasteiger partial charge < -0.3 is 19.8 Å². The summed E-state index contributed by atoms with van der Waals surface area (Å²) >= 11 is 0. The molecule has 2 aliphatic heterocycles. The van der Waals surface area contributed by atoms with E-state index in [1.54, 1.807) is 17.0 Å². The van der Waals surface area contributed by atoms with E-state index in [-0.39, 0.29) is 37.0 Å². The highest BCUT2D eigenvalue weighted by molar-refractivity contribution is 6.04. The summed E-state index contributed by atoms with van der Waals surface area (Å²) in [5, 5.41) is 6.55. The summed E-state index contributed by atoms with van der Waals surface area (Å²) in [7, 11) is 0. The predicted octanol–water partition coefficient (Wildman–Crippen LogP) is 0.684. The van der Waals surface area contributed by atoms with Crippen molar-refractivity contribution >= 4 is 17.5 Å². The van der Waals surface area contributed by atoms with Crippen molar-refractivity contribution in [3.8, 4) is 0 Å². The molecule has 1 saturated heterocycles. The molecule has 1 fully saturated rings. The molecule has 0 spiro atoms. The van der Waals surface area contributed by atoms with E-state index in [0.29, 0.717) is 37.6 Å². The van der Waals surface area contributed by atoms with Gasteiger partial charge in [-0.15, -0.1) is 0 Å². The average molecular weight is 349 g/mol. The molecule has 3 rings (SSSR count). The summed E-state index contributed by atoms with van der Waals surface area (Å²) in [5.41, 5.74) is 1.13. The van der Waals surface area contributed by atoms with Crippen LogP contribution in [0, 0.1) is 5.82 Å². The molecule has 2 heterocycles. The Balaban J connectivity index is 1.41. The number of carbonyl (C=O) groups is 2. The van der Waals surface area contributed by atoms with Gasteiger partial charge in [0.1, 0.15) is 5.82 Å². The van der Waals surface area contributed by atoms with Crippen molar-refractivity contribution in [1.82, 2.24) is 10.2 Å². The number of benzene rings is 1. The third-order valence-electron chi connectivity index (χ3n) is 4.12. The van der Waals surface area contributed by atoms with Crippen molar-refractivity contribution in [2.24, 2.45) is 5.16 Å². The van der Waals surface area contributed by atoms with E-state index in [0.717, 1.165) is 0 Å². The van der Waals surface area contributed by atoms with Crippen LogP contribution >= 0.6 is 0 Å². The largest absolute Gasteiger partial charge is 0.382 e. The normalized spacial score (nSPS) is 20.0. The molecule has 1 N–H and O–H groups in total. The molecule has 1 atom stereocenters. The molecule has 0 aliphatic carbocycles. The van der Waals surface area contributed by atoms with Gasteiger partial charge in [-0.2, -0.15) is 0 Å². The van der Waals surface area contributed by atoms with Gasteiger partial charge in [0.15, 0.2) is 0 Å². The smallest absolute Gasteiger partial charge is 0.264 e. The molecule has 0 aromatic heterocycles. The van der Waals surface area contributed by atoms with E-state index in [2.05, 4.69) is 10.5 Å². The Labute approximate surface area is 144 Å². The lowest BCUT2D eigenvalue weighted by molar-refractivity contribution is -0.135. The summed E-state index contributed by atoms with van der Waals surface area (Å²) < 4.78 is 18.5. The Morgan fingerprint density at radius 3 is 2.88 bits per heavy atom. The standard InChI is InChI=1S/C17H20FN3O4/c18-13-3-1-2-12(10-13)14-11-15(25-20-14)17(23)19-5-4-16(22)21-6-8-24-9-7-21/h1-3,10,15H,4-9,11H2,(H,19,23). The van der Waals surface area contributed by atoms with Crippen LogP contribution in [0.15, 0.2) is 29.4 Å². The lowest BCUT2D eigenvalue weighted by Crippen LogP contribution is -2.42. The number of rotatable bonds is 5. The molecule has 8 heteroatoms. The number of nitrogens with zero attached hydrogens (tertiary/aromatic N) is 2. The summed E-state index contributed by atoms with van der Waals surface area (Å²) in [5.74, 6) is -0.702. The van der Waals surface area contributed by atoms with E-state index in [1.165, 1.54) is 12.1 Å². The van der Waals surface area contributed by atoms with Crippen LogP contribution < -0.4 is 5.32 Å². The Kier molecular flexibility index (Phi) is 5.60. The first-order valence-corrected chi connectivity index (χ1v) is 8.25. The van der Waals surface area contributed by atoms with Crippen molar-refractivity contribution in [3.63, 3.8) is 0 Å². The van der Waals surface area contributed by atoms with Crippen LogP contribution in [0.1, 0.15) is 18.4 Å². The average Bonchev–Trinajstić information content (AvgIpc) is 3.12. The SMILES string of the molecule is O=C(NCCC(=O)N1CCOCC1)C1CC(c2cccc(F)c2)=NO1. The zero-order valence-corrected chi connectivity index (χ0v) is 13.7. The Morgan fingerprint density at radius 1 is 1.32 bits per heavy atom. The molecular weight excluding hydrogens is 329 g/mol. The number of amides is 2. The van der Waals surface area contributed by atoms with Crippen LogP contribution in [0.4, 0.5) is 4.39 Å². The third-order valence-corrected chi connectivity index (χ3v) is 4.12. The molecule has 2 amide bonds. The minimum absolute atomic E-state index is 0.00681. The maximum absolute atomic E-state index is 13.3. The maximum atomic E-state index is 13.3. The topological polar surface area (TPSA) is 80.2 Å². The van der Waals surface area contributed by atoms with Crippen molar-refractivity contribution in [2.75, 3.05) is 32.8 Å². The molecule has 25 heavy (non-hydrogen) atoms. The Hall–Kier alpha value is -2.48. The minimum atomic E-state index is -0.753. The first-order chi connectivity index (χ1) is 12.1. The van der Waals surface area contributed by atoms with Crippen LogP contribution in [0.3, 0.4) is 0 Å². The van der Waals surface area contributed by atoms with Gasteiger partial charge in [-0.3, -0.25) is 9.59 Å². The van der Waals surface area contributed by atoms with Gasteiger partial charge in [0.25, 0.3) is 5.91 Å². The van der Waals surface area contributed by atoms with E-state index in [9.17, 15) is 14.0 Å². The molecule has 7 nitrogen and oxygen atoms in total. The van der Waals surface area contributed by atoms with Crippen LogP contribution in [0.25, 0.3) is 0 Å². The zero-order valence-electron chi connectivity index (χ0n) is 13.7. The van der Waals surface area contributed by atoms with Gasteiger partial charge in [0, 0.05) is 38.0 Å². The fourth-order valence-corrected chi connectivity index (χ4v) is 2.73. The molecular formula is C17H20FN3O4. The second-order valence-corrected chi connectivity index (χ2v) is 5.88. The van der Waals surface area contributed by atoms with Gasteiger partial charge in [-0.05, 0) is 12.1 Å². The van der Waals surface area contributed by atoms with E-state index in [4.69, 9.17) is 9.57 Å². The Morgan fingerprint density at radius 2 is 2.12 bits per heavy atom. The number of ether oxygens (including phenoxy) is 1. The zero-order chi connectivity index (χ0) is 17.6. The fraction of sp³-hybridized carbons (Fsp3) is 0.471.